The lowest BCUT2D eigenvalue weighted by molar-refractivity contribution is -0.166. The van der Waals surface area contributed by atoms with Gasteiger partial charge < -0.3 is 14.2 Å². The quantitative estimate of drug-likeness (QED) is 0.0262. The molecule has 0 N–H and O–H groups in total. The lowest BCUT2D eigenvalue weighted by Gasteiger charge is -2.18. The Labute approximate surface area is 426 Å². The summed E-state index contributed by atoms with van der Waals surface area (Å²) in [5.41, 5.74) is 0. The molecule has 0 amide bonds. The number of carbonyl (C=O) groups excluding carboxylic acids is 3. The van der Waals surface area contributed by atoms with Crippen molar-refractivity contribution >= 4 is 17.9 Å². The van der Waals surface area contributed by atoms with E-state index in [1.54, 1.807) is 0 Å². The van der Waals surface area contributed by atoms with Gasteiger partial charge >= 0.3 is 17.9 Å². The lowest BCUT2D eigenvalue weighted by Crippen LogP contribution is -2.30. The number of allylic oxidation sites excluding steroid dienone is 16. The van der Waals surface area contributed by atoms with Crippen LogP contribution in [-0.2, 0) is 28.6 Å². The normalized spacial score (nSPS) is 12.8. The Bertz CT molecular complexity index is 1380. The van der Waals surface area contributed by atoms with Crippen LogP contribution in [0.3, 0.4) is 0 Å². The molecule has 0 saturated heterocycles. The van der Waals surface area contributed by atoms with Gasteiger partial charge in [0.25, 0.3) is 0 Å². The van der Waals surface area contributed by atoms with Crippen molar-refractivity contribution in [3.8, 4) is 0 Å². The molecule has 0 bridgehead atoms. The molecule has 0 aliphatic heterocycles. The predicted octanol–water partition coefficient (Wildman–Crippen LogP) is 19.3. The maximum Gasteiger partial charge on any atom is 0.306 e. The fourth-order valence-electron chi connectivity index (χ4n) is 7.74. The summed E-state index contributed by atoms with van der Waals surface area (Å²) in [6.07, 6.45) is 75.5. The molecule has 6 nitrogen and oxygen atoms in total. The summed E-state index contributed by atoms with van der Waals surface area (Å²) in [7, 11) is 0. The fourth-order valence-corrected chi connectivity index (χ4v) is 7.74. The van der Waals surface area contributed by atoms with Gasteiger partial charge in [-0.15, -0.1) is 0 Å². The molecule has 1 atom stereocenters. The van der Waals surface area contributed by atoms with E-state index in [1.807, 2.05) is 6.08 Å². The topological polar surface area (TPSA) is 78.9 Å². The molecule has 0 heterocycles. The molecule has 0 spiro atoms. The van der Waals surface area contributed by atoms with E-state index in [4.69, 9.17) is 14.2 Å². The Balaban J connectivity index is 4.56. The van der Waals surface area contributed by atoms with Gasteiger partial charge in [0.15, 0.2) is 6.10 Å². The third-order valence-corrected chi connectivity index (χ3v) is 12.1. The minimum atomic E-state index is -0.827. The second kappa shape index (κ2) is 56.9. The van der Waals surface area contributed by atoms with Crippen molar-refractivity contribution in [3.63, 3.8) is 0 Å². The molecule has 394 valence electrons. The smallest absolute Gasteiger partial charge is 0.306 e. The molecule has 0 aliphatic carbocycles. The summed E-state index contributed by atoms with van der Waals surface area (Å²) < 4.78 is 16.7. The number of hydrogen-bond donors (Lipinski definition) is 0. The maximum absolute atomic E-state index is 12.8. The van der Waals surface area contributed by atoms with Crippen LogP contribution >= 0.6 is 0 Å². The minimum absolute atomic E-state index is 0.125. The van der Waals surface area contributed by atoms with Crippen LogP contribution in [-0.4, -0.2) is 37.2 Å². The van der Waals surface area contributed by atoms with Crippen LogP contribution < -0.4 is 0 Å². The average molecular weight is 960 g/mol. The van der Waals surface area contributed by atoms with Crippen molar-refractivity contribution in [2.24, 2.45) is 0 Å². The number of unbranched alkanes of at least 4 members (excludes halogenated alkanes) is 24. The molecule has 6 heteroatoms. The van der Waals surface area contributed by atoms with Crippen LogP contribution in [0.2, 0.25) is 0 Å². The Hall–Kier alpha value is -3.67. The number of carbonyl (C=O) groups is 3. The number of esters is 3. The number of rotatable bonds is 51. The average Bonchev–Trinajstić information content (AvgIpc) is 3.35. The van der Waals surface area contributed by atoms with Crippen LogP contribution in [0.1, 0.15) is 265 Å². The van der Waals surface area contributed by atoms with Crippen LogP contribution in [0.5, 0.6) is 0 Å². The number of hydrogen-bond acceptors (Lipinski definition) is 6. The van der Waals surface area contributed by atoms with Gasteiger partial charge in [-0.2, -0.15) is 0 Å². The summed E-state index contributed by atoms with van der Waals surface area (Å²) in [6, 6.07) is 0. The molecule has 0 aliphatic rings. The van der Waals surface area contributed by atoms with Crippen molar-refractivity contribution in [2.75, 3.05) is 13.2 Å². The zero-order valence-electron chi connectivity index (χ0n) is 45.0. The van der Waals surface area contributed by atoms with Crippen LogP contribution in [0, 0.1) is 0 Å². The van der Waals surface area contributed by atoms with E-state index in [2.05, 4.69) is 112 Å². The molecule has 69 heavy (non-hydrogen) atoms. The third kappa shape index (κ3) is 55.1. The van der Waals surface area contributed by atoms with Crippen molar-refractivity contribution in [1.82, 2.24) is 0 Å². The molecule has 0 fully saturated rings. The van der Waals surface area contributed by atoms with Crippen LogP contribution in [0.4, 0.5) is 0 Å². The van der Waals surface area contributed by atoms with E-state index in [1.165, 1.54) is 148 Å². The van der Waals surface area contributed by atoms with Crippen molar-refractivity contribution < 1.29 is 28.6 Å². The summed E-state index contributed by atoms with van der Waals surface area (Å²) in [5, 5.41) is 0. The van der Waals surface area contributed by atoms with Gasteiger partial charge in [0.2, 0.25) is 0 Å². The minimum Gasteiger partial charge on any atom is -0.462 e. The highest BCUT2D eigenvalue weighted by Crippen LogP contribution is 2.15. The van der Waals surface area contributed by atoms with Crippen LogP contribution in [0.25, 0.3) is 0 Å². The molecule has 0 aromatic rings. The van der Waals surface area contributed by atoms with E-state index < -0.39 is 6.10 Å². The monoisotopic (exact) mass is 959 g/mol. The molecular weight excluding hydrogens is 853 g/mol. The lowest BCUT2D eigenvalue weighted by atomic mass is 10.0. The highest BCUT2D eigenvalue weighted by Gasteiger charge is 2.19. The second-order valence-electron chi connectivity index (χ2n) is 18.8. The molecule has 0 aromatic heterocycles. The third-order valence-electron chi connectivity index (χ3n) is 12.1. The summed E-state index contributed by atoms with van der Waals surface area (Å²) >= 11 is 0. The second-order valence-corrected chi connectivity index (χ2v) is 18.8. The number of ether oxygens (including phenoxy) is 3. The Morgan fingerprint density at radius 2 is 0.565 bits per heavy atom. The standard InChI is InChI=1S/C63H106O6/c1-4-7-10-13-16-19-22-25-28-30-31-33-36-38-41-44-47-50-53-56-62(65)68-59-60(69-63(66)57-54-51-48-45-42-39-34-27-24-21-18-15-12-9-6-3)58-67-61(64)55-52-49-46-43-40-37-35-32-29-26-23-20-17-14-11-8-5-2/h16,19,25-26,28-29,31,33,35,37-38,41,43,46-47,50,60H,4-15,17-18,20-24,27,30,32,34,36,39-40,42,44-45,48-49,51-59H2,1-3H3/b19-16-,28-25-,29-26-,33-31-,37-35-,41-38-,46-43-,50-47-/t60-/m0/s1. The van der Waals surface area contributed by atoms with Crippen molar-refractivity contribution in [2.45, 2.75) is 271 Å². The van der Waals surface area contributed by atoms with Crippen molar-refractivity contribution in [1.29, 1.82) is 0 Å². The first kappa shape index (κ1) is 65.3. The Morgan fingerprint density at radius 1 is 0.290 bits per heavy atom. The van der Waals surface area contributed by atoms with E-state index >= 15 is 0 Å². The highest BCUT2D eigenvalue weighted by molar-refractivity contribution is 5.71. The Kier molecular flexibility index (Phi) is 53.9. The SMILES string of the molecule is CCCCC/C=C\C/C=C\C/C=C\C/C=C\C/C=C\CCC(=O)OC[C@H](COC(=O)CCC/C=C\C/C=C\C/C=C\CCCCCCCC)OC(=O)CCCCCCCCCCCCCCCCC. The van der Waals surface area contributed by atoms with E-state index in [-0.39, 0.29) is 44.0 Å². The van der Waals surface area contributed by atoms with Crippen LogP contribution in [0.15, 0.2) is 97.2 Å². The summed E-state index contributed by atoms with van der Waals surface area (Å²) in [5.74, 6) is -1.05. The first-order valence-electron chi connectivity index (χ1n) is 28.7. The predicted molar refractivity (Wildman–Crippen MR) is 297 cm³/mol. The first-order valence-corrected chi connectivity index (χ1v) is 28.7. The van der Waals surface area contributed by atoms with Gasteiger partial charge in [0.05, 0.1) is 0 Å². The van der Waals surface area contributed by atoms with E-state index in [0.717, 1.165) is 64.2 Å². The van der Waals surface area contributed by atoms with Gasteiger partial charge in [-0.05, 0) is 89.9 Å². The van der Waals surface area contributed by atoms with Gasteiger partial charge in [-0.3, -0.25) is 14.4 Å². The molecule has 0 saturated carbocycles. The molecule has 0 radical (unpaired) electrons. The summed E-state index contributed by atoms with van der Waals surface area (Å²) in [6.45, 7) is 6.51. The van der Waals surface area contributed by atoms with E-state index in [0.29, 0.717) is 19.3 Å². The van der Waals surface area contributed by atoms with Gasteiger partial charge in [-0.1, -0.05) is 253 Å². The zero-order chi connectivity index (χ0) is 50.0. The van der Waals surface area contributed by atoms with Gasteiger partial charge in [-0.25, -0.2) is 0 Å². The first-order chi connectivity index (χ1) is 34.0. The summed E-state index contributed by atoms with van der Waals surface area (Å²) in [4.78, 5) is 38.1. The fraction of sp³-hybridized carbons (Fsp3) is 0.698. The molecule has 0 unspecified atom stereocenters. The van der Waals surface area contributed by atoms with E-state index in [9.17, 15) is 14.4 Å². The molecule has 0 aromatic carbocycles. The van der Waals surface area contributed by atoms with Crippen molar-refractivity contribution in [3.05, 3.63) is 97.2 Å². The maximum atomic E-state index is 12.8. The van der Waals surface area contributed by atoms with Gasteiger partial charge in [0.1, 0.15) is 13.2 Å². The van der Waals surface area contributed by atoms with Gasteiger partial charge in [0, 0.05) is 19.3 Å². The largest absolute Gasteiger partial charge is 0.462 e. The zero-order valence-corrected chi connectivity index (χ0v) is 45.0. The Morgan fingerprint density at radius 3 is 0.971 bits per heavy atom. The highest BCUT2D eigenvalue weighted by atomic mass is 16.6. The molecule has 0 rings (SSSR count). The molecular formula is C63H106O6.